The predicted octanol–water partition coefficient (Wildman–Crippen LogP) is 0.922. The molecule has 2 N–H and O–H groups in total. The first-order chi connectivity index (χ1) is 9.15. The Morgan fingerprint density at radius 2 is 2.11 bits per heavy atom. The molecule has 104 valence electrons. The third-order valence-electron chi connectivity index (χ3n) is 2.57. The number of rotatable bonds is 8. The van der Waals surface area contributed by atoms with Crippen molar-refractivity contribution < 1.29 is 14.3 Å². The summed E-state index contributed by atoms with van der Waals surface area (Å²) in [7, 11) is 0. The van der Waals surface area contributed by atoms with Gasteiger partial charge in [-0.25, -0.2) is 4.39 Å². The molecule has 1 aromatic rings. The lowest BCUT2D eigenvalue weighted by Crippen LogP contribution is -2.38. The number of aliphatic hydroxyl groups excluding tert-OH is 1. The number of halogens is 1. The fraction of sp³-hybridized carbons (Fsp3) is 0.357. The van der Waals surface area contributed by atoms with Crippen LogP contribution in [0.5, 0.6) is 0 Å². The summed E-state index contributed by atoms with van der Waals surface area (Å²) in [6.07, 6.45) is 1.68. The van der Waals surface area contributed by atoms with Crippen LogP contribution in [0.1, 0.15) is 5.56 Å². The van der Waals surface area contributed by atoms with Gasteiger partial charge in [0.15, 0.2) is 0 Å². The van der Waals surface area contributed by atoms with Crippen molar-refractivity contribution in [3.63, 3.8) is 0 Å². The molecule has 0 saturated heterocycles. The van der Waals surface area contributed by atoms with Gasteiger partial charge in [-0.2, -0.15) is 0 Å². The van der Waals surface area contributed by atoms with E-state index < -0.39 is 0 Å². The van der Waals surface area contributed by atoms with E-state index in [1.807, 2.05) is 0 Å². The van der Waals surface area contributed by atoms with Crippen molar-refractivity contribution in [3.05, 3.63) is 48.3 Å². The number of carbonyl (C=O) groups is 1. The van der Waals surface area contributed by atoms with E-state index in [2.05, 4.69) is 11.9 Å². The zero-order chi connectivity index (χ0) is 14.1. The molecule has 0 aromatic heterocycles. The van der Waals surface area contributed by atoms with Gasteiger partial charge in [0.1, 0.15) is 5.82 Å². The van der Waals surface area contributed by atoms with Crippen LogP contribution in [0.25, 0.3) is 0 Å². The van der Waals surface area contributed by atoms with Crippen molar-refractivity contribution >= 4 is 5.91 Å². The molecule has 4 nitrogen and oxygen atoms in total. The van der Waals surface area contributed by atoms with Gasteiger partial charge >= 0.3 is 0 Å². The molecule has 1 amide bonds. The molecule has 19 heavy (non-hydrogen) atoms. The maximum absolute atomic E-state index is 12.7. The van der Waals surface area contributed by atoms with Crippen LogP contribution in [-0.2, 0) is 11.3 Å². The van der Waals surface area contributed by atoms with Crippen LogP contribution in [0.2, 0.25) is 0 Å². The van der Waals surface area contributed by atoms with E-state index >= 15 is 0 Å². The molecule has 0 fully saturated rings. The molecule has 0 bridgehead atoms. The van der Waals surface area contributed by atoms with E-state index in [1.165, 1.54) is 12.1 Å². The zero-order valence-electron chi connectivity index (χ0n) is 10.8. The maximum atomic E-state index is 12.7. The Balaban J connectivity index is 2.37. The topological polar surface area (TPSA) is 52.6 Å². The third kappa shape index (κ3) is 6.13. The normalized spacial score (nSPS) is 10.5. The summed E-state index contributed by atoms with van der Waals surface area (Å²) < 4.78 is 12.7. The number of nitrogens with one attached hydrogen (secondary N) is 1. The van der Waals surface area contributed by atoms with E-state index in [1.54, 1.807) is 23.1 Å². The first kappa shape index (κ1) is 15.3. The highest BCUT2D eigenvalue weighted by molar-refractivity contribution is 5.78. The van der Waals surface area contributed by atoms with Gasteiger partial charge in [0.05, 0.1) is 13.2 Å². The standard InChI is InChI=1S/C14H19FN2O2/c1-2-7-17(8-9-18)11-14(19)16-10-12-3-5-13(15)6-4-12/h2-6,18H,1,7-11H2,(H,16,19). The number of benzene rings is 1. The summed E-state index contributed by atoms with van der Waals surface area (Å²) >= 11 is 0. The molecule has 1 rings (SSSR count). The zero-order valence-corrected chi connectivity index (χ0v) is 10.8. The first-order valence-corrected chi connectivity index (χ1v) is 6.11. The van der Waals surface area contributed by atoms with Gasteiger partial charge in [0.25, 0.3) is 0 Å². The number of carbonyl (C=O) groups excluding carboxylic acids is 1. The lowest BCUT2D eigenvalue weighted by Gasteiger charge is -2.18. The lowest BCUT2D eigenvalue weighted by atomic mass is 10.2. The average molecular weight is 266 g/mol. The highest BCUT2D eigenvalue weighted by atomic mass is 19.1. The van der Waals surface area contributed by atoms with Gasteiger partial charge in [-0.1, -0.05) is 18.2 Å². The van der Waals surface area contributed by atoms with Crippen molar-refractivity contribution in [3.8, 4) is 0 Å². The number of hydrogen-bond donors (Lipinski definition) is 2. The third-order valence-corrected chi connectivity index (χ3v) is 2.57. The minimum atomic E-state index is -0.296. The summed E-state index contributed by atoms with van der Waals surface area (Å²) in [5.41, 5.74) is 0.840. The van der Waals surface area contributed by atoms with Crippen LogP contribution in [0, 0.1) is 5.82 Å². The summed E-state index contributed by atoms with van der Waals surface area (Å²) in [6, 6.07) is 5.98. The Morgan fingerprint density at radius 3 is 2.68 bits per heavy atom. The number of nitrogens with zero attached hydrogens (tertiary/aromatic N) is 1. The van der Waals surface area contributed by atoms with Crippen LogP contribution in [0.15, 0.2) is 36.9 Å². The van der Waals surface area contributed by atoms with Crippen LogP contribution in [0.4, 0.5) is 4.39 Å². The fourth-order valence-corrected chi connectivity index (χ4v) is 1.62. The molecular weight excluding hydrogens is 247 g/mol. The summed E-state index contributed by atoms with van der Waals surface area (Å²) in [4.78, 5) is 13.5. The van der Waals surface area contributed by atoms with Crippen LogP contribution < -0.4 is 5.32 Å². The second-order valence-electron chi connectivity index (χ2n) is 4.15. The van der Waals surface area contributed by atoms with E-state index in [9.17, 15) is 9.18 Å². The first-order valence-electron chi connectivity index (χ1n) is 6.11. The molecule has 5 heteroatoms. The monoisotopic (exact) mass is 266 g/mol. The Bertz CT molecular complexity index is 406. The number of aliphatic hydroxyl groups is 1. The quantitative estimate of drug-likeness (QED) is 0.688. The lowest BCUT2D eigenvalue weighted by molar-refractivity contribution is -0.122. The number of hydrogen-bond acceptors (Lipinski definition) is 3. The highest BCUT2D eigenvalue weighted by Crippen LogP contribution is 2.02. The minimum Gasteiger partial charge on any atom is -0.395 e. The van der Waals surface area contributed by atoms with Gasteiger partial charge in [-0.3, -0.25) is 9.69 Å². The fourth-order valence-electron chi connectivity index (χ4n) is 1.62. The van der Waals surface area contributed by atoms with Gasteiger partial charge < -0.3 is 10.4 Å². The van der Waals surface area contributed by atoms with Gasteiger partial charge in [-0.05, 0) is 17.7 Å². The predicted molar refractivity (Wildman–Crippen MR) is 72.0 cm³/mol. The minimum absolute atomic E-state index is 0.000911. The van der Waals surface area contributed by atoms with Crippen LogP contribution in [-0.4, -0.2) is 42.2 Å². The van der Waals surface area contributed by atoms with E-state index in [-0.39, 0.29) is 24.9 Å². The molecule has 0 aliphatic carbocycles. The molecule has 0 atom stereocenters. The molecule has 1 aromatic carbocycles. The Hall–Kier alpha value is -1.72. The summed E-state index contributed by atoms with van der Waals surface area (Å²) in [6.45, 7) is 5.14. The van der Waals surface area contributed by atoms with Crippen LogP contribution in [0.3, 0.4) is 0 Å². The average Bonchev–Trinajstić information content (AvgIpc) is 2.39. The van der Waals surface area contributed by atoms with Crippen molar-refractivity contribution in [1.82, 2.24) is 10.2 Å². The molecule has 0 saturated carbocycles. The second-order valence-corrected chi connectivity index (χ2v) is 4.15. The summed E-state index contributed by atoms with van der Waals surface area (Å²) in [5.74, 6) is -0.435. The molecule has 0 aliphatic heterocycles. The maximum Gasteiger partial charge on any atom is 0.234 e. The Labute approximate surface area is 112 Å². The SMILES string of the molecule is C=CCN(CCO)CC(=O)NCc1ccc(F)cc1. The molecular formula is C14H19FN2O2. The van der Waals surface area contributed by atoms with E-state index in [0.717, 1.165) is 5.56 Å². The Kier molecular flexibility index (Phi) is 6.78. The molecule has 0 heterocycles. The molecule has 0 radical (unpaired) electrons. The van der Waals surface area contributed by atoms with Crippen molar-refractivity contribution in [2.24, 2.45) is 0 Å². The van der Waals surface area contributed by atoms with E-state index in [4.69, 9.17) is 5.11 Å². The largest absolute Gasteiger partial charge is 0.395 e. The highest BCUT2D eigenvalue weighted by Gasteiger charge is 2.08. The number of amides is 1. The second kappa shape index (κ2) is 8.39. The van der Waals surface area contributed by atoms with Crippen molar-refractivity contribution in [2.45, 2.75) is 6.54 Å². The Morgan fingerprint density at radius 1 is 1.42 bits per heavy atom. The summed E-state index contributed by atoms with van der Waals surface area (Å²) in [5, 5.41) is 11.6. The molecule has 0 spiro atoms. The van der Waals surface area contributed by atoms with Gasteiger partial charge in [0.2, 0.25) is 5.91 Å². The smallest absolute Gasteiger partial charge is 0.234 e. The van der Waals surface area contributed by atoms with Crippen LogP contribution >= 0.6 is 0 Å². The van der Waals surface area contributed by atoms with Crippen molar-refractivity contribution in [1.29, 1.82) is 0 Å². The van der Waals surface area contributed by atoms with E-state index in [0.29, 0.717) is 19.6 Å². The molecule has 0 aliphatic rings. The van der Waals surface area contributed by atoms with Gasteiger partial charge in [0, 0.05) is 19.6 Å². The molecule has 0 unspecified atom stereocenters. The van der Waals surface area contributed by atoms with Crippen molar-refractivity contribution in [2.75, 3.05) is 26.2 Å². The van der Waals surface area contributed by atoms with Gasteiger partial charge in [-0.15, -0.1) is 6.58 Å².